The van der Waals surface area contributed by atoms with Crippen molar-refractivity contribution >= 4 is 26.0 Å². The molecule has 0 radical (unpaired) electrons. The third kappa shape index (κ3) is 5.96. The van der Waals surface area contributed by atoms with Gasteiger partial charge in [-0.15, -0.1) is 0 Å². The number of piperazine rings is 1. The number of hydrogen-bond donors (Lipinski definition) is 2. The zero-order valence-corrected chi connectivity index (χ0v) is 19.1. The quantitative estimate of drug-likeness (QED) is 0.524. The lowest BCUT2D eigenvalue weighted by Gasteiger charge is -2.42. The molecule has 1 saturated heterocycles. The van der Waals surface area contributed by atoms with Gasteiger partial charge in [0.25, 0.3) is 0 Å². The fourth-order valence-corrected chi connectivity index (χ4v) is 6.00. The van der Waals surface area contributed by atoms with E-state index in [2.05, 4.69) is 11.8 Å². The first-order chi connectivity index (χ1) is 14.4. The van der Waals surface area contributed by atoms with Crippen molar-refractivity contribution < 1.29 is 36.6 Å². The fourth-order valence-electron chi connectivity index (χ4n) is 3.23. The first-order valence-electron chi connectivity index (χ1n) is 9.50. The molecule has 1 heterocycles. The molecular formula is C19H26N2O8S2. The number of benzene rings is 1. The second-order valence-electron chi connectivity index (χ2n) is 7.02. The van der Waals surface area contributed by atoms with Crippen LogP contribution >= 0.6 is 0 Å². The Morgan fingerprint density at radius 2 is 1.77 bits per heavy atom. The summed E-state index contributed by atoms with van der Waals surface area (Å²) in [6.45, 7) is 2.73. The van der Waals surface area contributed by atoms with Crippen molar-refractivity contribution in [3.05, 3.63) is 24.3 Å². The van der Waals surface area contributed by atoms with Gasteiger partial charge in [0.05, 0.1) is 11.2 Å². The molecule has 10 nitrogen and oxygen atoms in total. The van der Waals surface area contributed by atoms with Gasteiger partial charge in [-0.05, 0) is 37.6 Å². The lowest BCUT2D eigenvalue weighted by atomic mass is 10.1. The summed E-state index contributed by atoms with van der Waals surface area (Å²) in [5.74, 6) is 4.16. The maximum absolute atomic E-state index is 13.1. The van der Waals surface area contributed by atoms with E-state index in [1.807, 2.05) is 0 Å². The van der Waals surface area contributed by atoms with Crippen molar-refractivity contribution in [1.29, 1.82) is 0 Å². The van der Waals surface area contributed by atoms with Crippen LogP contribution in [0.2, 0.25) is 0 Å². The molecule has 0 aliphatic carbocycles. The number of carboxylic acids is 1. The molecule has 0 aromatic heterocycles. The molecule has 1 aromatic carbocycles. The van der Waals surface area contributed by atoms with Crippen LogP contribution in [0.15, 0.2) is 29.2 Å². The average Bonchev–Trinajstić information content (AvgIpc) is 2.69. The van der Waals surface area contributed by atoms with Gasteiger partial charge in [-0.3, -0.25) is 4.79 Å². The van der Waals surface area contributed by atoms with Crippen LogP contribution in [0.25, 0.3) is 0 Å². The van der Waals surface area contributed by atoms with Gasteiger partial charge in [-0.2, -0.15) is 8.61 Å². The number of ether oxygens (including phenoxy) is 1. The van der Waals surface area contributed by atoms with Crippen molar-refractivity contribution in [3.63, 3.8) is 0 Å². The molecule has 1 aliphatic heterocycles. The average molecular weight is 475 g/mol. The van der Waals surface area contributed by atoms with Gasteiger partial charge >= 0.3 is 5.97 Å². The Labute approximate surface area is 182 Å². The molecule has 1 aromatic rings. The molecule has 3 unspecified atom stereocenters. The molecule has 2 rings (SSSR count). The molecule has 0 amide bonds. The van der Waals surface area contributed by atoms with Crippen molar-refractivity contribution in [2.24, 2.45) is 0 Å². The highest BCUT2D eigenvalue weighted by atomic mass is 32.2. The van der Waals surface area contributed by atoms with Crippen LogP contribution in [0.5, 0.6) is 5.75 Å². The lowest BCUT2D eigenvalue weighted by molar-refractivity contribution is -0.144. The van der Waals surface area contributed by atoms with Crippen LogP contribution in [0.4, 0.5) is 0 Å². The molecule has 3 atom stereocenters. The topological polar surface area (TPSA) is 142 Å². The van der Waals surface area contributed by atoms with E-state index in [1.165, 1.54) is 31.2 Å². The molecule has 172 valence electrons. The monoisotopic (exact) mass is 474 g/mol. The number of carboxylic acid groups (broad SMARTS) is 1. The van der Waals surface area contributed by atoms with Crippen LogP contribution in [-0.4, -0.2) is 85.8 Å². The van der Waals surface area contributed by atoms with Crippen LogP contribution < -0.4 is 4.74 Å². The van der Waals surface area contributed by atoms with E-state index in [9.17, 15) is 31.8 Å². The smallest absolute Gasteiger partial charge is 0.323 e. The predicted molar refractivity (Wildman–Crippen MR) is 112 cm³/mol. The number of sulfonamides is 2. The molecule has 1 fully saturated rings. The first-order valence-corrected chi connectivity index (χ1v) is 12.8. The lowest BCUT2D eigenvalue weighted by Crippen LogP contribution is -2.63. The first kappa shape index (κ1) is 25.1. The van der Waals surface area contributed by atoms with Gasteiger partial charge in [0, 0.05) is 19.1 Å². The van der Waals surface area contributed by atoms with Crippen molar-refractivity contribution in [3.8, 4) is 17.6 Å². The van der Waals surface area contributed by atoms with E-state index in [0.29, 0.717) is 12.2 Å². The number of aliphatic hydroxyl groups is 1. The number of aliphatic hydroxyl groups excluding tert-OH is 1. The van der Waals surface area contributed by atoms with Crippen molar-refractivity contribution in [1.82, 2.24) is 8.61 Å². The van der Waals surface area contributed by atoms with Crippen LogP contribution in [0.3, 0.4) is 0 Å². The highest BCUT2D eigenvalue weighted by Gasteiger charge is 2.47. The van der Waals surface area contributed by atoms with Crippen LogP contribution in [0.1, 0.15) is 20.3 Å². The van der Waals surface area contributed by atoms with Crippen LogP contribution in [0, 0.1) is 11.8 Å². The summed E-state index contributed by atoms with van der Waals surface area (Å²) in [6, 6.07) is 2.75. The van der Waals surface area contributed by atoms with Gasteiger partial charge in [0.1, 0.15) is 24.5 Å². The number of aliphatic carboxylic acids is 1. The van der Waals surface area contributed by atoms with Gasteiger partial charge in [-0.25, -0.2) is 16.8 Å². The second-order valence-corrected chi connectivity index (χ2v) is 10.8. The van der Waals surface area contributed by atoms with Crippen LogP contribution in [-0.2, 0) is 24.8 Å². The standard InChI is InChI=1S/C19H26N2O8S2/c1-4-15(22)6-5-13-29-16-7-9-17(10-8-16)31(27,28)21-12-11-20(30(3,25)26)14(2)18(21)19(23)24/h7-10,14-15,18,22H,4,11-13H2,1-3H3,(H,23,24). The highest BCUT2D eigenvalue weighted by Crippen LogP contribution is 2.27. The van der Waals surface area contributed by atoms with E-state index in [4.69, 9.17) is 4.74 Å². The molecule has 0 spiro atoms. The third-order valence-corrected chi connectivity index (χ3v) is 8.10. The number of hydrogen-bond acceptors (Lipinski definition) is 7. The summed E-state index contributed by atoms with van der Waals surface area (Å²) in [5, 5.41) is 19.0. The summed E-state index contributed by atoms with van der Waals surface area (Å²) in [4.78, 5) is 11.7. The summed E-state index contributed by atoms with van der Waals surface area (Å²) in [5.41, 5.74) is 0. The Hall–Kier alpha value is -2.17. The minimum absolute atomic E-state index is 0.00914. The number of nitrogens with zero attached hydrogens (tertiary/aromatic N) is 2. The molecule has 1 aliphatic rings. The molecule has 0 bridgehead atoms. The zero-order valence-electron chi connectivity index (χ0n) is 17.4. The molecule has 0 saturated carbocycles. The van der Waals surface area contributed by atoms with Crippen molar-refractivity contribution in [2.45, 2.75) is 43.4 Å². The Kier molecular flexibility index (Phi) is 8.07. The predicted octanol–water partition coefficient (Wildman–Crippen LogP) is -0.0527. The normalized spacial score (nSPS) is 21.7. The van der Waals surface area contributed by atoms with Gasteiger partial charge < -0.3 is 14.9 Å². The number of carbonyl (C=O) groups is 1. The summed E-state index contributed by atoms with van der Waals surface area (Å²) < 4.78 is 57.2. The number of rotatable bonds is 7. The maximum atomic E-state index is 13.1. The van der Waals surface area contributed by atoms with Gasteiger partial charge in [0.15, 0.2) is 0 Å². The van der Waals surface area contributed by atoms with E-state index < -0.39 is 44.2 Å². The zero-order chi connectivity index (χ0) is 23.4. The minimum Gasteiger partial charge on any atom is -0.481 e. The van der Waals surface area contributed by atoms with Crippen molar-refractivity contribution in [2.75, 3.05) is 26.0 Å². The van der Waals surface area contributed by atoms with E-state index in [0.717, 1.165) is 14.9 Å². The molecule has 12 heteroatoms. The maximum Gasteiger partial charge on any atom is 0.323 e. The van der Waals surface area contributed by atoms with Gasteiger partial charge in [-0.1, -0.05) is 18.8 Å². The molecule has 31 heavy (non-hydrogen) atoms. The summed E-state index contributed by atoms with van der Waals surface area (Å²) >= 11 is 0. The fraction of sp³-hybridized carbons (Fsp3) is 0.526. The van der Waals surface area contributed by atoms with E-state index in [-0.39, 0.29) is 24.6 Å². The third-order valence-electron chi connectivity index (χ3n) is 4.84. The summed E-state index contributed by atoms with van der Waals surface area (Å²) in [7, 11) is -7.89. The second kappa shape index (κ2) is 9.97. The highest BCUT2D eigenvalue weighted by molar-refractivity contribution is 7.89. The Morgan fingerprint density at radius 3 is 2.29 bits per heavy atom. The SMILES string of the molecule is CCC(O)C#CCOc1ccc(S(=O)(=O)N2CCN(S(C)(=O)=O)C(C)C2C(=O)O)cc1. The summed E-state index contributed by atoms with van der Waals surface area (Å²) in [6.07, 6.45) is 0.718. The molecule has 2 N–H and O–H groups in total. The van der Waals surface area contributed by atoms with E-state index >= 15 is 0 Å². The minimum atomic E-state index is -4.20. The van der Waals surface area contributed by atoms with E-state index in [1.54, 1.807) is 6.92 Å². The Balaban J connectivity index is 2.21. The van der Waals surface area contributed by atoms with Gasteiger partial charge in [0.2, 0.25) is 20.0 Å². The Bertz CT molecular complexity index is 1060. The molecular weight excluding hydrogens is 448 g/mol. The Morgan fingerprint density at radius 1 is 1.19 bits per heavy atom. The largest absolute Gasteiger partial charge is 0.481 e.